The third-order valence-corrected chi connectivity index (χ3v) is 4.17. The molecule has 5 heteroatoms. The van der Waals surface area contributed by atoms with E-state index in [-0.39, 0.29) is 5.91 Å². The number of rotatable bonds is 3. The number of hydrogen-bond donors (Lipinski definition) is 2. The molecule has 0 fully saturated rings. The van der Waals surface area contributed by atoms with Gasteiger partial charge in [-0.1, -0.05) is 46.3 Å². The van der Waals surface area contributed by atoms with E-state index in [1.807, 2.05) is 48.5 Å². The van der Waals surface area contributed by atoms with Crippen LogP contribution in [-0.2, 0) is 10.3 Å². The molecule has 0 saturated heterocycles. The van der Waals surface area contributed by atoms with Crippen LogP contribution in [0.4, 0.5) is 5.69 Å². The molecule has 2 rings (SSSR count). The van der Waals surface area contributed by atoms with E-state index in [9.17, 15) is 4.79 Å². The number of benzene rings is 2. The molecule has 3 nitrogen and oxygen atoms in total. The second-order valence-corrected chi connectivity index (χ2v) is 6.42. The van der Waals surface area contributed by atoms with E-state index in [4.69, 9.17) is 5.73 Å². The zero-order chi connectivity index (χ0) is 14.8. The zero-order valence-corrected chi connectivity index (χ0v) is 14.0. The van der Waals surface area contributed by atoms with Crippen molar-refractivity contribution in [3.8, 4) is 0 Å². The molecule has 0 aromatic heterocycles. The molecule has 0 saturated carbocycles. The van der Waals surface area contributed by atoms with E-state index in [2.05, 4.69) is 37.2 Å². The summed E-state index contributed by atoms with van der Waals surface area (Å²) in [6.45, 7) is 1.70. The SMILES string of the molecule is CC(N)(C(=O)Nc1ccc(Br)cc1Br)c1ccccc1. The lowest BCUT2D eigenvalue weighted by molar-refractivity contribution is -0.120. The van der Waals surface area contributed by atoms with Crippen molar-refractivity contribution >= 4 is 43.5 Å². The van der Waals surface area contributed by atoms with Gasteiger partial charge in [0, 0.05) is 8.95 Å². The molecule has 0 heterocycles. The van der Waals surface area contributed by atoms with Crippen LogP contribution < -0.4 is 11.1 Å². The highest BCUT2D eigenvalue weighted by Gasteiger charge is 2.30. The second kappa shape index (κ2) is 6.08. The first-order chi connectivity index (χ1) is 9.41. The van der Waals surface area contributed by atoms with Gasteiger partial charge in [0.25, 0.3) is 0 Å². The van der Waals surface area contributed by atoms with Crippen molar-refractivity contribution in [2.45, 2.75) is 12.5 Å². The summed E-state index contributed by atoms with van der Waals surface area (Å²) >= 11 is 6.78. The average molecular weight is 398 g/mol. The van der Waals surface area contributed by atoms with E-state index >= 15 is 0 Å². The highest BCUT2D eigenvalue weighted by molar-refractivity contribution is 9.11. The maximum absolute atomic E-state index is 12.4. The topological polar surface area (TPSA) is 55.1 Å². The van der Waals surface area contributed by atoms with Gasteiger partial charge >= 0.3 is 0 Å². The Balaban J connectivity index is 2.23. The first kappa shape index (κ1) is 15.2. The molecule has 104 valence electrons. The summed E-state index contributed by atoms with van der Waals surface area (Å²) in [6, 6.07) is 14.8. The summed E-state index contributed by atoms with van der Waals surface area (Å²) in [7, 11) is 0. The molecule has 0 radical (unpaired) electrons. The van der Waals surface area contributed by atoms with Gasteiger partial charge in [-0.15, -0.1) is 0 Å². The smallest absolute Gasteiger partial charge is 0.248 e. The number of carbonyl (C=O) groups is 1. The minimum atomic E-state index is -1.09. The van der Waals surface area contributed by atoms with Crippen molar-refractivity contribution in [2.75, 3.05) is 5.32 Å². The van der Waals surface area contributed by atoms with Crippen LogP contribution in [0.2, 0.25) is 0 Å². The van der Waals surface area contributed by atoms with Crippen LogP contribution in [0, 0.1) is 0 Å². The monoisotopic (exact) mass is 396 g/mol. The molecule has 20 heavy (non-hydrogen) atoms. The zero-order valence-electron chi connectivity index (χ0n) is 10.9. The fourth-order valence-corrected chi connectivity index (χ4v) is 2.90. The van der Waals surface area contributed by atoms with Gasteiger partial charge in [0.1, 0.15) is 5.54 Å². The molecule has 0 aliphatic heterocycles. The lowest BCUT2D eigenvalue weighted by Gasteiger charge is -2.24. The minimum absolute atomic E-state index is 0.258. The van der Waals surface area contributed by atoms with Crippen LogP contribution in [-0.4, -0.2) is 5.91 Å². The van der Waals surface area contributed by atoms with Crippen molar-refractivity contribution in [2.24, 2.45) is 5.73 Å². The summed E-state index contributed by atoms with van der Waals surface area (Å²) in [4.78, 5) is 12.4. The standard InChI is InChI=1S/C15H14Br2N2O/c1-15(18,10-5-3-2-4-6-10)14(20)19-13-8-7-11(16)9-12(13)17/h2-9H,18H2,1H3,(H,19,20). The van der Waals surface area contributed by atoms with Crippen LogP contribution in [0.1, 0.15) is 12.5 Å². The van der Waals surface area contributed by atoms with Gasteiger partial charge in [-0.05, 0) is 46.6 Å². The predicted molar refractivity (Wildman–Crippen MR) is 88.5 cm³/mol. The number of anilines is 1. The summed E-state index contributed by atoms with van der Waals surface area (Å²) in [5, 5.41) is 2.84. The molecule has 0 aliphatic carbocycles. The molecule has 2 aromatic carbocycles. The molecule has 1 amide bonds. The van der Waals surface area contributed by atoms with E-state index in [0.717, 1.165) is 14.5 Å². The van der Waals surface area contributed by atoms with Gasteiger partial charge in [-0.25, -0.2) is 0 Å². The summed E-state index contributed by atoms with van der Waals surface area (Å²) in [6.07, 6.45) is 0. The molecular formula is C15H14Br2N2O. The van der Waals surface area contributed by atoms with Crippen molar-refractivity contribution < 1.29 is 4.79 Å². The van der Waals surface area contributed by atoms with E-state index in [0.29, 0.717) is 5.69 Å². The highest BCUT2D eigenvalue weighted by atomic mass is 79.9. The Labute approximate surface area is 134 Å². The molecule has 0 aliphatic rings. The molecule has 1 atom stereocenters. The fourth-order valence-electron chi connectivity index (χ4n) is 1.76. The molecule has 0 bridgehead atoms. The number of hydrogen-bond acceptors (Lipinski definition) is 2. The Kier molecular flexibility index (Phi) is 4.62. The lowest BCUT2D eigenvalue weighted by Crippen LogP contribution is -2.45. The first-order valence-electron chi connectivity index (χ1n) is 6.02. The first-order valence-corrected chi connectivity index (χ1v) is 7.61. The van der Waals surface area contributed by atoms with Crippen LogP contribution in [0.15, 0.2) is 57.5 Å². The van der Waals surface area contributed by atoms with Gasteiger partial charge in [0.15, 0.2) is 0 Å². The van der Waals surface area contributed by atoms with Crippen LogP contribution in [0.3, 0.4) is 0 Å². The molecule has 1 unspecified atom stereocenters. The lowest BCUT2D eigenvalue weighted by atomic mass is 9.92. The van der Waals surface area contributed by atoms with Crippen molar-refractivity contribution in [3.63, 3.8) is 0 Å². The highest BCUT2D eigenvalue weighted by Crippen LogP contribution is 2.28. The van der Waals surface area contributed by atoms with Crippen LogP contribution in [0.5, 0.6) is 0 Å². The third kappa shape index (κ3) is 3.29. The predicted octanol–water partition coefficient (Wildman–Crippen LogP) is 4.02. The number of amides is 1. The molecule has 0 spiro atoms. The van der Waals surface area contributed by atoms with Gasteiger partial charge < -0.3 is 11.1 Å². The van der Waals surface area contributed by atoms with Gasteiger partial charge in [-0.2, -0.15) is 0 Å². The third-order valence-electron chi connectivity index (χ3n) is 3.02. The average Bonchev–Trinajstić information content (AvgIpc) is 2.42. The maximum Gasteiger partial charge on any atom is 0.248 e. The Morgan fingerprint density at radius 3 is 2.40 bits per heavy atom. The van der Waals surface area contributed by atoms with Crippen LogP contribution in [0.25, 0.3) is 0 Å². The Hall–Kier alpha value is -1.17. The van der Waals surface area contributed by atoms with E-state index in [1.54, 1.807) is 6.92 Å². The second-order valence-electron chi connectivity index (χ2n) is 4.65. The molecule has 2 aromatic rings. The number of nitrogens with one attached hydrogen (secondary N) is 1. The quantitative estimate of drug-likeness (QED) is 0.821. The van der Waals surface area contributed by atoms with Crippen molar-refractivity contribution in [1.82, 2.24) is 0 Å². The summed E-state index contributed by atoms with van der Waals surface area (Å²) in [5.41, 5.74) is 6.54. The number of carbonyl (C=O) groups excluding carboxylic acids is 1. The molecular weight excluding hydrogens is 384 g/mol. The van der Waals surface area contributed by atoms with Gasteiger partial charge in [0.2, 0.25) is 5.91 Å². The van der Waals surface area contributed by atoms with Crippen molar-refractivity contribution in [1.29, 1.82) is 0 Å². The summed E-state index contributed by atoms with van der Waals surface area (Å²) < 4.78 is 1.73. The van der Waals surface area contributed by atoms with E-state index in [1.165, 1.54) is 0 Å². The largest absolute Gasteiger partial charge is 0.323 e. The Morgan fingerprint density at radius 1 is 1.15 bits per heavy atom. The van der Waals surface area contributed by atoms with Gasteiger partial charge in [0.05, 0.1) is 5.69 Å². The maximum atomic E-state index is 12.4. The summed E-state index contributed by atoms with van der Waals surface area (Å²) in [5.74, 6) is -0.258. The van der Waals surface area contributed by atoms with E-state index < -0.39 is 5.54 Å². The minimum Gasteiger partial charge on any atom is -0.323 e. The van der Waals surface area contributed by atoms with Crippen molar-refractivity contribution in [3.05, 3.63) is 63.0 Å². The number of halogens is 2. The normalized spacial score (nSPS) is 13.6. The van der Waals surface area contributed by atoms with Gasteiger partial charge in [-0.3, -0.25) is 4.79 Å². The van der Waals surface area contributed by atoms with Crippen LogP contribution >= 0.6 is 31.9 Å². The number of nitrogens with two attached hydrogens (primary N) is 1. The molecule has 3 N–H and O–H groups in total. The Morgan fingerprint density at radius 2 is 1.80 bits per heavy atom. The Bertz CT molecular complexity index is 627. The fraction of sp³-hybridized carbons (Fsp3) is 0.133.